The number of methoxy groups -OCH3 is 1. The number of para-hydroxylation sites is 1. The molecule has 0 fully saturated rings. The van der Waals surface area contributed by atoms with Gasteiger partial charge in [0.1, 0.15) is 5.75 Å². The fraction of sp³-hybridized carbons (Fsp3) is 0.286. The summed E-state index contributed by atoms with van der Waals surface area (Å²) in [5.74, 6) is 0.0695. The Labute approximate surface area is 164 Å². The minimum absolute atomic E-state index is 0.0607. The maximum absolute atomic E-state index is 12.4. The van der Waals surface area contributed by atoms with Crippen molar-refractivity contribution in [3.8, 4) is 5.75 Å². The number of nitrogens with one attached hydrogen (secondary N) is 2. The molecule has 0 aliphatic heterocycles. The molecule has 0 saturated carbocycles. The molecule has 7 heteroatoms. The fourth-order valence-electron chi connectivity index (χ4n) is 2.76. The van der Waals surface area contributed by atoms with E-state index >= 15 is 0 Å². The first kappa shape index (κ1) is 21.0. The third-order valence-corrected chi connectivity index (χ3v) is 4.09. The Balaban J connectivity index is 1.97. The molecular formula is C21H25N3O4. The SMILES string of the molecule is COc1ccccc1CCN(CC(=O)Nc1cccc(NC(C)=O)c1)C(C)=O. The number of carbonyl (C=O) groups is 3. The Morgan fingerprint density at radius 3 is 2.29 bits per heavy atom. The molecule has 0 radical (unpaired) electrons. The van der Waals surface area contributed by atoms with E-state index in [0.29, 0.717) is 24.3 Å². The van der Waals surface area contributed by atoms with Crippen LogP contribution >= 0.6 is 0 Å². The molecular weight excluding hydrogens is 358 g/mol. The molecule has 148 valence electrons. The molecule has 2 N–H and O–H groups in total. The molecule has 0 atom stereocenters. The molecule has 0 spiro atoms. The number of hydrogen-bond acceptors (Lipinski definition) is 4. The lowest BCUT2D eigenvalue weighted by Gasteiger charge is -2.21. The van der Waals surface area contributed by atoms with Crippen molar-refractivity contribution >= 4 is 29.1 Å². The molecule has 7 nitrogen and oxygen atoms in total. The molecule has 3 amide bonds. The Morgan fingerprint density at radius 2 is 1.64 bits per heavy atom. The van der Waals surface area contributed by atoms with E-state index in [2.05, 4.69) is 10.6 Å². The number of nitrogens with zero attached hydrogens (tertiary/aromatic N) is 1. The Kier molecular flexibility index (Phi) is 7.56. The minimum atomic E-state index is -0.310. The van der Waals surface area contributed by atoms with Gasteiger partial charge in [-0.15, -0.1) is 0 Å². The van der Waals surface area contributed by atoms with Crippen LogP contribution < -0.4 is 15.4 Å². The van der Waals surface area contributed by atoms with Crippen molar-refractivity contribution in [3.63, 3.8) is 0 Å². The summed E-state index contributed by atoms with van der Waals surface area (Å²) in [5, 5.41) is 5.41. The average molecular weight is 383 g/mol. The van der Waals surface area contributed by atoms with Gasteiger partial charge >= 0.3 is 0 Å². The van der Waals surface area contributed by atoms with E-state index in [4.69, 9.17) is 4.74 Å². The largest absolute Gasteiger partial charge is 0.496 e. The smallest absolute Gasteiger partial charge is 0.243 e. The van der Waals surface area contributed by atoms with Crippen molar-refractivity contribution in [3.05, 3.63) is 54.1 Å². The maximum atomic E-state index is 12.4. The first-order chi connectivity index (χ1) is 13.4. The van der Waals surface area contributed by atoms with Gasteiger partial charge in [0.2, 0.25) is 17.7 Å². The normalized spacial score (nSPS) is 10.1. The summed E-state index contributed by atoms with van der Waals surface area (Å²) in [7, 11) is 1.60. The molecule has 0 aromatic heterocycles. The predicted octanol–water partition coefficient (Wildman–Crippen LogP) is 2.68. The van der Waals surface area contributed by atoms with Gasteiger partial charge in [0.15, 0.2) is 0 Å². The molecule has 2 aromatic carbocycles. The van der Waals surface area contributed by atoms with E-state index in [1.807, 2.05) is 24.3 Å². The van der Waals surface area contributed by atoms with Crippen molar-refractivity contribution in [2.24, 2.45) is 0 Å². The van der Waals surface area contributed by atoms with Crippen molar-refractivity contribution in [2.75, 3.05) is 30.8 Å². The summed E-state index contributed by atoms with van der Waals surface area (Å²) < 4.78 is 5.32. The van der Waals surface area contributed by atoms with Crippen LogP contribution in [0.25, 0.3) is 0 Å². The van der Waals surface area contributed by atoms with Gasteiger partial charge in [-0.1, -0.05) is 24.3 Å². The quantitative estimate of drug-likeness (QED) is 0.734. The predicted molar refractivity (Wildman–Crippen MR) is 108 cm³/mol. The van der Waals surface area contributed by atoms with Crippen molar-refractivity contribution in [1.82, 2.24) is 4.90 Å². The second-order valence-electron chi connectivity index (χ2n) is 6.31. The first-order valence-corrected chi connectivity index (χ1v) is 8.94. The molecule has 0 unspecified atom stereocenters. The number of carbonyl (C=O) groups excluding carboxylic acids is 3. The van der Waals surface area contributed by atoms with Gasteiger partial charge in [-0.3, -0.25) is 14.4 Å². The van der Waals surface area contributed by atoms with E-state index in [1.54, 1.807) is 31.4 Å². The Morgan fingerprint density at radius 1 is 0.964 bits per heavy atom. The van der Waals surface area contributed by atoms with Gasteiger partial charge in [-0.2, -0.15) is 0 Å². The van der Waals surface area contributed by atoms with E-state index in [-0.39, 0.29) is 24.3 Å². The number of ether oxygens (including phenoxy) is 1. The molecule has 2 aromatic rings. The number of hydrogen-bond donors (Lipinski definition) is 2. The van der Waals surface area contributed by atoms with Crippen LogP contribution in [0.15, 0.2) is 48.5 Å². The topological polar surface area (TPSA) is 87.7 Å². The van der Waals surface area contributed by atoms with E-state index in [9.17, 15) is 14.4 Å². The van der Waals surface area contributed by atoms with E-state index in [1.165, 1.54) is 18.7 Å². The van der Waals surface area contributed by atoms with Crippen molar-refractivity contribution in [1.29, 1.82) is 0 Å². The molecule has 0 aliphatic carbocycles. The van der Waals surface area contributed by atoms with Gasteiger partial charge in [-0.05, 0) is 36.2 Å². The number of benzene rings is 2. The van der Waals surface area contributed by atoms with Gasteiger partial charge in [0, 0.05) is 31.8 Å². The van der Waals surface area contributed by atoms with E-state index in [0.717, 1.165) is 11.3 Å². The van der Waals surface area contributed by atoms with Gasteiger partial charge < -0.3 is 20.3 Å². The lowest BCUT2D eigenvalue weighted by molar-refractivity contribution is -0.132. The number of amides is 3. The van der Waals surface area contributed by atoms with Crippen LogP contribution in [0, 0.1) is 0 Å². The highest BCUT2D eigenvalue weighted by molar-refractivity contribution is 5.95. The zero-order valence-corrected chi connectivity index (χ0v) is 16.3. The second kappa shape index (κ2) is 10.1. The average Bonchev–Trinajstić information content (AvgIpc) is 2.64. The molecule has 0 aliphatic rings. The third kappa shape index (κ3) is 6.42. The van der Waals surface area contributed by atoms with Crippen molar-refractivity contribution in [2.45, 2.75) is 20.3 Å². The first-order valence-electron chi connectivity index (χ1n) is 8.94. The molecule has 0 bridgehead atoms. The van der Waals surface area contributed by atoms with Crippen LogP contribution in [0.1, 0.15) is 19.4 Å². The summed E-state index contributed by atoms with van der Waals surface area (Å²) in [6.07, 6.45) is 0.578. The number of rotatable bonds is 8. The Bertz CT molecular complexity index is 851. The summed E-state index contributed by atoms with van der Waals surface area (Å²) in [4.78, 5) is 37.0. The molecule has 2 rings (SSSR count). The van der Waals surface area contributed by atoms with E-state index < -0.39 is 0 Å². The summed E-state index contributed by atoms with van der Waals surface area (Å²) in [6, 6.07) is 14.4. The second-order valence-corrected chi connectivity index (χ2v) is 6.31. The fourth-order valence-corrected chi connectivity index (χ4v) is 2.76. The van der Waals surface area contributed by atoms with Crippen LogP contribution in [-0.2, 0) is 20.8 Å². The summed E-state index contributed by atoms with van der Waals surface area (Å²) in [5.41, 5.74) is 2.11. The minimum Gasteiger partial charge on any atom is -0.496 e. The summed E-state index contributed by atoms with van der Waals surface area (Å²) >= 11 is 0. The maximum Gasteiger partial charge on any atom is 0.243 e. The van der Waals surface area contributed by atoms with Crippen molar-refractivity contribution < 1.29 is 19.1 Å². The van der Waals surface area contributed by atoms with Gasteiger partial charge in [0.05, 0.1) is 13.7 Å². The zero-order valence-electron chi connectivity index (χ0n) is 16.3. The Hall–Kier alpha value is -3.35. The number of anilines is 2. The lowest BCUT2D eigenvalue weighted by atomic mass is 10.1. The molecule has 0 saturated heterocycles. The van der Waals surface area contributed by atoms with Gasteiger partial charge in [-0.25, -0.2) is 0 Å². The highest BCUT2D eigenvalue weighted by atomic mass is 16.5. The van der Waals surface area contributed by atoms with Crippen LogP contribution in [0.3, 0.4) is 0 Å². The van der Waals surface area contributed by atoms with Crippen LogP contribution in [-0.4, -0.2) is 42.8 Å². The summed E-state index contributed by atoms with van der Waals surface area (Å²) in [6.45, 7) is 3.19. The third-order valence-electron chi connectivity index (χ3n) is 4.09. The molecule has 0 heterocycles. The monoisotopic (exact) mass is 383 g/mol. The zero-order chi connectivity index (χ0) is 20.5. The highest BCUT2D eigenvalue weighted by Crippen LogP contribution is 2.18. The highest BCUT2D eigenvalue weighted by Gasteiger charge is 2.15. The van der Waals surface area contributed by atoms with Crippen LogP contribution in [0.5, 0.6) is 5.75 Å². The van der Waals surface area contributed by atoms with Gasteiger partial charge in [0.25, 0.3) is 0 Å². The lowest BCUT2D eigenvalue weighted by Crippen LogP contribution is -2.38. The molecule has 28 heavy (non-hydrogen) atoms. The van der Waals surface area contributed by atoms with Crippen LogP contribution in [0.4, 0.5) is 11.4 Å². The van der Waals surface area contributed by atoms with Crippen LogP contribution in [0.2, 0.25) is 0 Å². The standard InChI is InChI=1S/C21H25N3O4/c1-15(25)22-18-8-6-9-19(13-18)23-21(27)14-24(16(2)26)12-11-17-7-4-5-10-20(17)28-3/h4-10,13H,11-12,14H2,1-3H3,(H,22,25)(H,23,27).